The van der Waals surface area contributed by atoms with Gasteiger partial charge in [0.05, 0.1) is 12.9 Å². The van der Waals surface area contributed by atoms with E-state index in [4.69, 9.17) is 27.4 Å². The lowest BCUT2D eigenvalue weighted by Crippen LogP contribution is -2.33. The highest BCUT2D eigenvalue weighted by atomic mass is 32.1. The normalized spacial score (nSPS) is 29.3. The van der Waals surface area contributed by atoms with Gasteiger partial charge >= 0.3 is 0 Å². The minimum atomic E-state index is -1.13. The summed E-state index contributed by atoms with van der Waals surface area (Å²) in [7, 11) is 1.49. The molecule has 2 aromatic heterocycles. The molecule has 0 aromatic carbocycles. The molecule has 21 heavy (non-hydrogen) atoms. The molecule has 2 aromatic rings. The molecule has 4 atom stereocenters. The van der Waals surface area contributed by atoms with Crippen LogP contribution in [0.3, 0.4) is 0 Å². The van der Waals surface area contributed by atoms with Crippen LogP contribution in [0.4, 0.5) is 5.95 Å². The quantitative estimate of drug-likeness (QED) is 0.549. The number of nitrogen functional groups attached to an aromatic ring is 1. The number of H-pyrrole nitrogens is 1. The first-order valence-corrected chi connectivity index (χ1v) is 6.66. The Morgan fingerprint density at radius 2 is 2.29 bits per heavy atom. The van der Waals surface area contributed by atoms with Crippen LogP contribution in [0.1, 0.15) is 6.23 Å². The number of aliphatic hydroxyl groups excluding tert-OH is 2. The molecule has 0 aliphatic carbocycles. The number of hydrogen-bond acceptors (Lipinski definition) is 8. The number of aromatic amines is 1. The second kappa shape index (κ2) is 5.31. The number of imidazole rings is 1. The fraction of sp³-hybridized carbons (Fsp3) is 0.545. The van der Waals surface area contributed by atoms with Gasteiger partial charge in [-0.05, 0) is 0 Å². The van der Waals surface area contributed by atoms with Crippen molar-refractivity contribution in [3.63, 3.8) is 0 Å². The van der Waals surface area contributed by atoms with Crippen molar-refractivity contribution in [3.05, 3.63) is 11.0 Å². The highest BCUT2D eigenvalue weighted by Crippen LogP contribution is 2.31. The first-order chi connectivity index (χ1) is 10.0. The average molecular weight is 313 g/mol. The molecule has 1 saturated heterocycles. The molecule has 1 fully saturated rings. The van der Waals surface area contributed by atoms with Crippen LogP contribution in [-0.2, 0) is 9.47 Å². The van der Waals surface area contributed by atoms with E-state index in [0.29, 0.717) is 11.2 Å². The number of aliphatic hydroxyl groups is 2. The molecule has 0 bridgehead atoms. The van der Waals surface area contributed by atoms with E-state index in [1.165, 1.54) is 18.0 Å². The molecule has 0 amide bonds. The molecule has 0 radical (unpaired) electrons. The molecule has 0 unspecified atom stereocenters. The van der Waals surface area contributed by atoms with Gasteiger partial charge in [0.2, 0.25) is 0 Å². The summed E-state index contributed by atoms with van der Waals surface area (Å²) >= 11 is 5.09. The largest absolute Gasteiger partial charge is 0.387 e. The molecule has 0 saturated carbocycles. The van der Waals surface area contributed by atoms with Crippen LogP contribution in [0.5, 0.6) is 0 Å². The second-order valence-electron chi connectivity index (χ2n) is 4.78. The SMILES string of the molecule is COC[C@H]1O[C@@H](n2cnc3c(=S)nc(N)[nH]c32)[C@H](O)[C@@H]1O. The van der Waals surface area contributed by atoms with Gasteiger partial charge in [0.1, 0.15) is 29.5 Å². The summed E-state index contributed by atoms with van der Waals surface area (Å²) in [6.45, 7) is 0.168. The van der Waals surface area contributed by atoms with Crippen LogP contribution in [0.2, 0.25) is 0 Å². The van der Waals surface area contributed by atoms with Crippen LogP contribution < -0.4 is 5.73 Å². The maximum Gasteiger partial charge on any atom is 0.200 e. The lowest BCUT2D eigenvalue weighted by atomic mass is 10.1. The van der Waals surface area contributed by atoms with Gasteiger partial charge in [0.25, 0.3) is 0 Å². The van der Waals surface area contributed by atoms with Crippen molar-refractivity contribution in [1.29, 1.82) is 0 Å². The minimum Gasteiger partial charge on any atom is -0.387 e. The number of methoxy groups -OCH3 is 1. The van der Waals surface area contributed by atoms with Crippen molar-refractivity contribution in [2.24, 2.45) is 0 Å². The third kappa shape index (κ3) is 2.30. The van der Waals surface area contributed by atoms with E-state index in [1.807, 2.05) is 0 Å². The monoisotopic (exact) mass is 313 g/mol. The van der Waals surface area contributed by atoms with Crippen molar-refractivity contribution in [2.75, 3.05) is 19.5 Å². The topological polar surface area (TPSA) is 131 Å². The van der Waals surface area contributed by atoms with Crippen molar-refractivity contribution in [3.8, 4) is 0 Å². The number of rotatable bonds is 3. The number of nitrogens with one attached hydrogen (secondary N) is 1. The summed E-state index contributed by atoms with van der Waals surface area (Å²) in [5.41, 5.74) is 6.56. The number of nitrogens with zero attached hydrogens (tertiary/aromatic N) is 3. The molecule has 1 aliphatic rings. The smallest absolute Gasteiger partial charge is 0.200 e. The predicted octanol–water partition coefficient (Wildman–Crippen LogP) is -0.663. The fourth-order valence-electron chi connectivity index (χ4n) is 2.41. The number of nitrogens with two attached hydrogens (primary N) is 1. The zero-order valence-corrected chi connectivity index (χ0v) is 11.9. The summed E-state index contributed by atoms with van der Waals surface area (Å²) < 4.78 is 12.4. The van der Waals surface area contributed by atoms with Crippen molar-refractivity contribution in [2.45, 2.75) is 24.5 Å². The van der Waals surface area contributed by atoms with Gasteiger partial charge in [0, 0.05) is 7.11 Å². The van der Waals surface area contributed by atoms with E-state index in [9.17, 15) is 10.2 Å². The number of anilines is 1. The van der Waals surface area contributed by atoms with Gasteiger partial charge in [-0.3, -0.25) is 4.57 Å². The summed E-state index contributed by atoms with van der Waals surface area (Å²) in [5.74, 6) is 0.135. The Balaban J connectivity index is 2.03. The average Bonchev–Trinajstić information content (AvgIpc) is 2.96. The summed E-state index contributed by atoms with van der Waals surface area (Å²) in [6, 6.07) is 0. The van der Waals surface area contributed by atoms with Gasteiger partial charge in [-0.2, -0.15) is 0 Å². The van der Waals surface area contributed by atoms with E-state index in [2.05, 4.69) is 15.0 Å². The molecular weight excluding hydrogens is 298 g/mol. The molecule has 114 valence electrons. The molecule has 5 N–H and O–H groups in total. The van der Waals surface area contributed by atoms with Crippen LogP contribution in [0.25, 0.3) is 11.2 Å². The Kier molecular flexibility index (Phi) is 3.63. The molecule has 1 aliphatic heterocycles. The standard InChI is InChI=1S/C11H15N5O4S/c1-19-2-4-6(17)7(18)10(20-4)16-3-13-5-8(16)14-11(12)15-9(5)21/h3-4,6-7,10,17-18H,2H2,1H3,(H3,12,14,15,21)/t4-,6-,7-,10-/m1/s1. The third-order valence-electron chi connectivity index (χ3n) is 3.41. The molecule has 10 heteroatoms. The zero-order chi connectivity index (χ0) is 15.1. The molecule has 0 spiro atoms. The maximum atomic E-state index is 10.2. The summed E-state index contributed by atoms with van der Waals surface area (Å²) in [4.78, 5) is 10.9. The van der Waals surface area contributed by atoms with Crippen molar-refractivity contribution >= 4 is 29.3 Å². The Morgan fingerprint density at radius 1 is 1.52 bits per heavy atom. The van der Waals surface area contributed by atoms with Gasteiger partial charge in [0.15, 0.2) is 16.8 Å². The maximum absolute atomic E-state index is 10.2. The van der Waals surface area contributed by atoms with Gasteiger partial charge in [-0.15, -0.1) is 0 Å². The number of fused-ring (bicyclic) bond motifs is 1. The number of ether oxygens (including phenoxy) is 2. The minimum absolute atomic E-state index is 0.135. The highest BCUT2D eigenvalue weighted by molar-refractivity contribution is 7.71. The molecule has 3 rings (SSSR count). The lowest BCUT2D eigenvalue weighted by Gasteiger charge is -2.16. The summed E-state index contributed by atoms with van der Waals surface area (Å²) in [6.07, 6.45) is -2.19. The third-order valence-corrected chi connectivity index (χ3v) is 3.69. The van der Waals surface area contributed by atoms with E-state index in [0.717, 1.165) is 0 Å². The van der Waals surface area contributed by atoms with Gasteiger partial charge < -0.3 is 30.4 Å². The Bertz CT molecular complexity index is 716. The lowest BCUT2D eigenvalue weighted by molar-refractivity contribution is -0.0580. The van der Waals surface area contributed by atoms with Crippen LogP contribution in [0.15, 0.2) is 6.33 Å². The highest BCUT2D eigenvalue weighted by Gasteiger charge is 2.44. The Hall–Kier alpha value is -1.59. The molecular formula is C11H15N5O4S. The van der Waals surface area contributed by atoms with E-state index in [-0.39, 0.29) is 17.2 Å². The van der Waals surface area contributed by atoms with Gasteiger partial charge in [-0.1, -0.05) is 12.2 Å². The first-order valence-electron chi connectivity index (χ1n) is 6.25. The van der Waals surface area contributed by atoms with Crippen LogP contribution >= 0.6 is 12.2 Å². The van der Waals surface area contributed by atoms with Gasteiger partial charge in [-0.25, -0.2) is 9.97 Å². The molecule has 9 nitrogen and oxygen atoms in total. The molecule has 3 heterocycles. The fourth-order valence-corrected chi connectivity index (χ4v) is 2.65. The van der Waals surface area contributed by atoms with Crippen molar-refractivity contribution in [1.82, 2.24) is 19.5 Å². The predicted molar refractivity (Wildman–Crippen MR) is 74.9 cm³/mol. The van der Waals surface area contributed by atoms with E-state index >= 15 is 0 Å². The van der Waals surface area contributed by atoms with E-state index < -0.39 is 24.5 Å². The summed E-state index contributed by atoms with van der Waals surface area (Å²) in [5, 5.41) is 20.1. The number of aromatic nitrogens is 4. The first kappa shape index (κ1) is 14.4. The van der Waals surface area contributed by atoms with Crippen molar-refractivity contribution < 1.29 is 19.7 Å². The zero-order valence-electron chi connectivity index (χ0n) is 11.1. The van der Waals surface area contributed by atoms with Crippen LogP contribution in [-0.4, -0.2) is 61.8 Å². The van der Waals surface area contributed by atoms with Crippen LogP contribution in [0, 0.1) is 4.64 Å². The number of hydrogen-bond donors (Lipinski definition) is 4. The Labute approximate surface area is 124 Å². The van der Waals surface area contributed by atoms with E-state index in [1.54, 1.807) is 0 Å². The Morgan fingerprint density at radius 3 is 3.00 bits per heavy atom. The second-order valence-corrected chi connectivity index (χ2v) is 5.16.